The summed E-state index contributed by atoms with van der Waals surface area (Å²) in [6.45, 7) is 6.16. The molecular formula is C6H9O2S. The highest BCUT2D eigenvalue weighted by molar-refractivity contribution is 8.38. The van der Waals surface area contributed by atoms with E-state index in [0.717, 1.165) is 0 Å². The third-order valence-electron chi connectivity index (χ3n) is 0.786. The van der Waals surface area contributed by atoms with Gasteiger partial charge in [0.15, 0.2) is 10.2 Å². The van der Waals surface area contributed by atoms with E-state index in [1.807, 2.05) is 0 Å². The van der Waals surface area contributed by atoms with Gasteiger partial charge in [0.1, 0.15) is 0 Å². The Hall–Kier alpha value is -0.440. The van der Waals surface area contributed by atoms with Crippen LogP contribution in [0.4, 0.5) is 0 Å². The summed E-state index contributed by atoms with van der Waals surface area (Å²) in [5.74, 6) is 0. The summed E-state index contributed by atoms with van der Waals surface area (Å²) >= 11 is 0. The Kier molecular flexibility index (Phi) is 3.39. The third-order valence-corrected chi connectivity index (χ3v) is 2.36. The van der Waals surface area contributed by atoms with Crippen molar-refractivity contribution in [3.8, 4) is 0 Å². The Labute approximate surface area is 57.2 Å². The van der Waals surface area contributed by atoms with E-state index in [4.69, 9.17) is 0 Å². The lowest BCUT2D eigenvalue weighted by atomic mass is 10.9. The van der Waals surface area contributed by atoms with Gasteiger partial charge in [-0.3, -0.25) is 9.59 Å². The van der Waals surface area contributed by atoms with Gasteiger partial charge in [0.2, 0.25) is 0 Å². The number of carbonyl (C=O) groups excluding carboxylic acids is 2. The maximum atomic E-state index is 10.5. The van der Waals surface area contributed by atoms with Gasteiger partial charge < -0.3 is 0 Å². The smallest absolute Gasteiger partial charge is 0.187 e. The highest BCUT2D eigenvalue weighted by Gasteiger charge is 2.03. The molecule has 0 unspecified atom stereocenters. The fourth-order valence-corrected chi connectivity index (χ4v) is 1.31. The first-order valence-corrected chi connectivity index (χ1v) is 3.75. The zero-order valence-electron chi connectivity index (χ0n) is 5.51. The lowest BCUT2D eigenvalue weighted by molar-refractivity contribution is -0.111. The first-order valence-electron chi connectivity index (χ1n) is 2.46. The highest BCUT2D eigenvalue weighted by Crippen LogP contribution is 2.12. The van der Waals surface area contributed by atoms with Crippen molar-refractivity contribution < 1.29 is 9.59 Å². The van der Waals surface area contributed by atoms with Crippen molar-refractivity contribution in [3.05, 3.63) is 6.92 Å². The van der Waals surface area contributed by atoms with Crippen molar-refractivity contribution in [2.45, 2.75) is 13.8 Å². The van der Waals surface area contributed by atoms with Crippen LogP contribution in [0.2, 0.25) is 0 Å². The van der Waals surface area contributed by atoms with E-state index in [0.29, 0.717) is 0 Å². The minimum absolute atomic E-state index is 0.113. The van der Waals surface area contributed by atoms with E-state index in [1.165, 1.54) is 19.2 Å². The van der Waals surface area contributed by atoms with E-state index < -0.39 is 10.5 Å². The molecule has 9 heavy (non-hydrogen) atoms. The molecule has 0 amide bonds. The number of hydrogen-bond acceptors (Lipinski definition) is 2. The van der Waals surface area contributed by atoms with Gasteiger partial charge in [0.25, 0.3) is 0 Å². The Bertz CT molecular complexity index is 154. The monoisotopic (exact) mass is 145 g/mol. The Balaban J connectivity index is 4.38. The fraction of sp³-hybridized carbons (Fsp3) is 0.333. The second-order valence-electron chi connectivity index (χ2n) is 1.49. The lowest BCUT2D eigenvalue weighted by Crippen LogP contribution is -1.95. The molecule has 1 radical (unpaired) electrons. The van der Waals surface area contributed by atoms with E-state index >= 15 is 0 Å². The van der Waals surface area contributed by atoms with Gasteiger partial charge in [0.05, 0.1) is 0 Å². The normalized spacial score (nSPS) is 9.33. The van der Waals surface area contributed by atoms with Gasteiger partial charge in [-0.1, -0.05) is 10.5 Å². The molecule has 0 saturated heterocycles. The molecule has 3 heteroatoms. The van der Waals surface area contributed by atoms with Crippen LogP contribution in [-0.4, -0.2) is 15.6 Å². The van der Waals surface area contributed by atoms with Crippen molar-refractivity contribution in [2.24, 2.45) is 0 Å². The fourth-order valence-electron chi connectivity index (χ4n) is 0.437. The average Bonchev–Trinajstić information content (AvgIpc) is 1.64. The second kappa shape index (κ2) is 3.56. The van der Waals surface area contributed by atoms with Crippen molar-refractivity contribution in [3.63, 3.8) is 0 Å². The highest BCUT2D eigenvalue weighted by atomic mass is 32.2. The van der Waals surface area contributed by atoms with Gasteiger partial charge in [-0.25, -0.2) is 0 Å². The van der Waals surface area contributed by atoms with Crippen LogP contribution in [0, 0.1) is 6.92 Å². The van der Waals surface area contributed by atoms with Crippen LogP contribution in [-0.2, 0) is 9.59 Å². The molecule has 0 aliphatic rings. The van der Waals surface area contributed by atoms with Crippen LogP contribution in [0.3, 0.4) is 0 Å². The molecule has 0 rings (SSSR count). The van der Waals surface area contributed by atoms with E-state index in [2.05, 4.69) is 6.92 Å². The summed E-state index contributed by atoms with van der Waals surface area (Å²) in [7, 11) is -0.849. The van der Waals surface area contributed by atoms with Crippen LogP contribution in [0.15, 0.2) is 0 Å². The predicted octanol–water partition coefficient (Wildman–Crippen LogP) is 0.985. The largest absolute Gasteiger partial charge is 0.288 e. The molecule has 0 saturated carbocycles. The van der Waals surface area contributed by atoms with Gasteiger partial charge in [-0.2, -0.15) is 0 Å². The van der Waals surface area contributed by atoms with Crippen molar-refractivity contribution in [1.29, 1.82) is 0 Å². The molecule has 0 spiro atoms. The molecule has 0 aromatic heterocycles. The average molecular weight is 145 g/mol. The molecule has 0 fully saturated rings. The molecule has 0 aliphatic heterocycles. The maximum Gasteiger partial charge on any atom is 0.187 e. The number of carbonyl (C=O) groups is 2. The van der Waals surface area contributed by atoms with E-state index in [-0.39, 0.29) is 10.2 Å². The Morgan fingerprint density at radius 1 is 1.33 bits per heavy atom. The summed E-state index contributed by atoms with van der Waals surface area (Å²) in [5, 5.41) is 1.17. The molecule has 0 heterocycles. The second-order valence-corrected chi connectivity index (χ2v) is 3.65. The predicted molar refractivity (Wildman–Crippen MR) is 40.4 cm³/mol. The van der Waals surface area contributed by atoms with Gasteiger partial charge >= 0.3 is 0 Å². The lowest BCUT2D eigenvalue weighted by Gasteiger charge is -1.94. The molecule has 0 atom stereocenters. The minimum Gasteiger partial charge on any atom is -0.288 e. The molecular weight excluding hydrogens is 136 g/mol. The number of hydrogen-bond donors (Lipinski definition) is 0. The van der Waals surface area contributed by atoms with Gasteiger partial charge in [0, 0.05) is 13.8 Å². The summed E-state index contributed by atoms with van der Waals surface area (Å²) in [6.07, 6.45) is 0. The molecule has 2 nitrogen and oxygen atoms in total. The third kappa shape index (κ3) is 2.56. The van der Waals surface area contributed by atoms with Gasteiger partial charge in [-0.05, 0) is 12.3 Å². The van der Waals surface area contributed by atoms with Crippen LogP contribution >= 0.6 is 10.5 Å². The topological polar surface area (TPSA) is 34.1 Å². The summed E-state index contributed by atoms with van der Waals surface area (Å²) in [4.78, 5) is 21.1. The summed E-state index contributed by atoms with van der Waals surface area (Å²) in [5.41, 5.74) is 0. The van der Waals surface area contributed by atoms with Crippen LogP contribution in [0.25, 0.3) is 0 Å². The van der Waals surface area contributed by atoms with Crippen molar-refractivity contribution in [1.82, 2.24) is 0 Å². The zero-order chi connectivity index (χ0) is 7.44. The quantitative estimate of drug-likeness (QED) is 0.476. The molecule has 0 aliphatic carbocycles. The number of rotatable bonds is 0. The zero-order valence-corrected chi connectivity index (χ0v) is 6.33. The summed E-state index contributed by atoms with van der Waals surface area (Å²) in [6, 6.07) is 0. The molecule has 0 bridgehead atoms. The molecule has 51 valence electrons. The first kappa shape index (κ1) is 8.56. The molecule has 0 aromatic carbocycles. The van der Waals surface area contributed by atoms with Crippen molar-refractivity contribution >= 4 is 26.1 Å². The van der Waals surface area contributed by atoms with Gasteiger partial charge in [-0.15, -0.1) is 0 Å². The standard InChI is InChI=1S/C6H9O2S/c1-4-9(5(2)7)6(3)8/h4H,1H2,2-3H3. The summed E-state index contributed by atoms with van der Waals surface area (Å²) < 4.78 is 0. The van der Waals surface area contributed by atoms with E-state index in [9.17, 15) is 9.59 Å². The van der Waals surface area contributed by atoms with E-state index in [1.54, 1.807) is 0 Å². The van der Waals surface area contributed by atoms with Crippen LogP contribution in [0.5, 0.6) is 0 Å². The Morgan fingerprint density at radius 3 is 1.67 bits per heavy atom. The first-order chi connectivity index (χ1) is 4.09. The van der Waals surface area contributed by atoms with Crippen molar-refractivity contribution in [2.75, 3.05) is 0 Å². The Morgan fingerprint density at radius 2 is 1.67 bits per heavy atom. The van der Waals surface area contributed by atoms with Crippen LogP contribution in [0.1, 0.15) is 13.8 Å². The molecule has 0 aromatic rings. The maximum absolute atomic E-state index is 10.5. The molecule has 0 N–H and O–H groups in total. The van der Waals surface area contributed by atoms with Crippen LogP contribution < -0.4 is 0 Å². The minimum atomic E-state index is -0.849. The SMILES string of the molecule is [CH2]C=S(C(C)=O)C(C)=O.